The van der Waals surface area contributed by atoms with E-state index in [2.05, 4.69) is 47.2 Å². The van der Waals surface area contributed by atoms with Crippen molar-refractivity contribution in [1.82, 2.24) is 0 Å². The lowest BCUT2D eigenvalue weighted by molar-refractivity contribution is 0.373. The second-order valence-electron chi connectivity index (χ2n) is 4.95. The number of aryl methyl sites for hydroxylation is 1. The SMILES string of the molecule is CCc1cc(Br)ccc1NC(C)c1ccc(O)c(OC)c1. The second kappa shape index (κ2) is 6.85. The van der Waals surface area contributed by atoms with Gasteiger partial charge in [0.2, 0.25) is 0 Å². The number of hydrogen-bond donors (Lipinski definition) is 2. The highest BCUT2D eigenvalue weighted by atomic mass is 79.9. The highest BCUT2D eigenvalue weighted by Gasteiger charge is 2.11. The average molecular weight is 350 g/mol. The molecule has 2 rings (SSSR count). The first-order valence-corrected chi connectivity index (χ1v) is 7.76. The molecule has 21 heavy (non-hydrogen) atoms. The topological polar surface area (TPSA) is 41.5 Å². The van der Waals surface area contributed by atoms with Crippen molar-refractivity contribution < 1.29 is 9.84 Å². The minimum atomic E-state index is 0.117. The Morgan fingerprint density at radius 3 is 2.67 bits per heavy atom. The predicted octanol–water partition coefficient (Wildman–Crippen LogP) is 4.90. The van der Waals surface area contributed by atoms with Gasteiger partial charge in [-0.25, -0.2) is 0 Å². The van der Waals surface area contributed by atoms with E-state index in [0.29, 0.717) is 5.75 Å². The quantitative estimate of drug-likeness (QED) is 0.806. The van der Waals surface area contributed by atoms with E-state index in [1.54, 1.807) is 13.2 Å². The van der Waals surface area contributed by atoms with Crippen LogP contribution in [0.3, 0.4) is 0 Å². The summed E-state index contributed by atoms with van der Waals surface area (Å²) < 4.78 is 6.25. The number of aromatic hydroxyl groups is 1. The number of halogens is 1. The first-order chi connectivity index (χ1) is 10.0. The smallest absolute Gasteiger partial charge is 0.160 e. The molecule has 0 saturated carbocycles. The van der Waals surface area contributed by atoms with Crippen LogP contribution in [0.15, 0.2) is 40.9 Å². The molecule has 2 aromatic carbocycles. The van der Waals surface area contributed by atoms with Crippen LogP contribution < -0.4 is 10.1 Å². The van der Waals surface area contributed by atoms with Gasteiger partial charge >= 0.3 is 0 Å². The van der Waals surface area contributed by atoms with E-state index in [1.165, 1.54) is 5.56 Å². The van der Waals surface area contributed by atoms with Crippen LogP contribution in [0.2, 0.25) is 0 Å². The first-order valence-electron chi connectivity index (χ1n) is 6.97. The molecular weight excluding hydrogens is 330 g/mol. The van der Waals surface area contributed by atoms with Crippen LogP contribution in [0.25, 0.3) is 0 Å². The van der Waals surface area contributed by atoms with Gasteiger partial charge < -0.3 is 15.2 Å². The van der Waals surface area contributed by atoms with Crippen molar-refractivity contribution in [2.24, 2.45) is 0 Å². The minimum Gasteiger partial charge on any atom is -0.504 e. The maximum absolute atomic E-state index is 9.67. The zero-order valence-electron chi connectivity index (χ0n) is 12.5. The molecule has 2 N–H and O–H groups in total. The van der Waals surface area contributed by atoms with Crippen molar-refractivity contribution >= 4 is 21.6 Å². The predicted molar refractivity (Wildman–Crippen MR) is 90.2 cm³/mol. The Morgan fingerprint density at radius 1 is 1.24 bits per heavy atom. The number of hydrogen-bond acceptors (Lipinski definition) is 3. The fourth-order valence-corrected chi connectivity index (χ4v) is 2.68. The number of methoxy groups -OCH3 is 1. The Hall–Kier alpha value is -1.68. The molecule has 0 aliphatic rings. The van der Waals surface area contributed by atoms with Crippen molar-refractivity contribution in [3.05, 3.63) is 52.0 Å². The van der Waals surface area contributed by atoms with Crippen molar-refractivity contribution in [1.29, 1.82) is 0 Å². The van der Waals surface area contributed by atoms with E-state index in [4.69, 9.17) is 4.74 Å². The lowest BCUT2D eigenvalue weighted by Gasteiger charge is -2.19. The van der Waals surface area contributed by atoms with Crippen molar-refractivity contribution in [2.45, 2.75) is 26.3 Å². The molecule has 0 radical (unpaired) electrons. The minimum absolute atomic E-state index is 0.117. The summed E-state index contributed by atoms with van der Waals surface area (Å²) in [4.78, 5) is 0. The standard InChI is InChI=1S/C17H20BrNO2/c1-4-12-9-14(18)6-7-15(12)19-11(2)13-5-8-16(20)17(10-13)21-3/h5-11,19-20H,4H2,1-3H3. The number of ether oxygens (including phenoxy) is 1. The Bertz CT molecular complexity index is 628. The van der Waals surface area contributed by atoms with Crippen molar-refractivity contribution in [2.75, 3.05) is 12.4 Å². The summed E-state index contributed by atoms with van der Waals surface area (Å²) in [6, 6.07) is 11.8. The summed E-state index contributed by atoms with van der Waals surface area (Å²) in [7, 11) is 1.56. The molecule has 0 amide bonds. The zero-order valence-corrected chi connectivity index (χ0v) is 14.1. The molecule has 4 heteroatoms. The van der Waals surface area contributed by atoms with E-state index in [0.717, 1.165) is 22.1 Å². The molecule has 2 aromatic rings. The van der Waals surface area contributed by atoms with Gasteiger partial charge in [0.15, 0.2) is 11.5 Å². The van der Waals surface area contributed by atoms with E-state index >= 15 is 0 Å². The molecule has 0 saturated heterocycles. The maximum atomic E-state index is 9.67. The molecule has 0 aliphatic carbocycles. The monoisotopic (exact) mass is 349 g/mol. The summed E-state index contributed by atoms with van der Waals surface area (Å²) in [5, 5.41) is 13.2. The molecular formula is C17H20BrNO2. The molecule has 0 spiro atoms. The van der Waals surface area contributed by atoms with Gasteiger partial charge in [0.05, 0.1) is 7.11 Å². The lowest BCUT2D eigenvalue weighted by atomic mass is 10.1. The van der Waals surface area contributed by atoms with Crippen LogP contribution in [0, 0.1) is 0 Å². The van der Waals surface area contributed by atoms with Crippen LogP contribution in [-0.2, 0) is 6.42 Å². The van der Waals surface area contributed by atoms with Crippen LogP contribution in [0.4, 0.5) is 5.69 Å². The summed E-state index contributed by atoms with van der Waals surface area (Å²) in [5.41, 5.74) is 3.46. The fraction of sp³-hybridized carbons (Fsp3) is 0.294. The van der Waals surface area contributed by atoms with Gasteiger partial charge in [0, 0.05) is 16.2 Å². The third kappa shape index (κ3) is 3.70. The number of phenolic OH excluding ortho intramolecular Hbond substituents is 1. The van der Waals surface area contributed by atoms with Crippen LogP contribution in [0.5, 0.6) is 11.5 Å². The maximum Gasteiger partial charge on any atom is 0.160 e. The number of anilines is 1. The molecule has 1 unspecified atom stereocenters. The summed E-state index contributed by atoms with van der Waals surface area (Å²) in [5.74, 6) is 0.652. The van der Waals surface area contributed by atoms with Crippen molar-refractivity contribution in [3.63, 3.8) is 0 Å². The number of rotatable bonds is 5. The van der Waals surface area contributed by atoms with Gasteiger partial charge in [0.1, 0.15) is 0 Å². The third-order valence-electron chi connectivity index (χ3n) is 3.52. The van der Waals surface area contributed by atoms with Gasteiger partial charge in [0.25, 0.3) is 0 Å². The van der Waals surface area contributed by atoms with Crippen LogP contribution >= 0.6 is 15.9 Å². The number of nitrogens with one attached hydrogen (secondary N) is 1. The molecule has 0 bridgehead atoms. The van der Waals surface area contributed by atoms with Crippen LogP contribution in [-0.4, -0.2) is 12.2 Å². The number of benzene rings is 2. The zero-order chi connectivity index (χ0) is 15.4. The van der Waals surface area contributed by atoms with E-state index in [9.17, 15) is 5.11 Å². The Morgan fingerprint density at radius 2 is 2.00 bits per heavy atom. The number of phenols is 1. The molecule has 0 aliphatic heterocycles. The van der Waals surface area contributed by atoms with Gasteiger partial charge in [-0.2, -0.15) is 0 Å². The van der Waals surface area contributed by atoms with Gasteiger partial charge in [-0.15, -0.1) is 0 Å². The normalized spacial score (nSPS) is 12.0. The molecule has 1 atom stereocenters. The summed E-state index contributed by atoms with van der Waals surface area (Å²) >= 11 is 3.50. The van der Waals surface area contributed by atoms with Gasteiger partial charge in [-0.3, -0.25) is 0 Å². The molecule has 0 aromatic heterocycles. The van der Waals surface area contributed by atoms with E-state index in [1.807, 2.05) is 18.2 Å². The van der Waals surface area contributed by atoms with E-state index in [-0.39, 0.29) is 11.8 Å². The highest BCUT2D eigenvalue weighted by molar-refractivity contribution is 9.10. The fourth-order valence-electron chi connectivity index (χ4n) is 2.28. The highest BCUT2D eigenvalue weighted by Crippen LogP contribution is 2.31. The molecule has 0 heterocycles. The van der Waals surface area contributed by atoms with Gasteiger partial charge in [-0.05, 0) is 54.8 Å². The molecule has 112 valence electrons. The lowest BCUT2D eigenvalue weighted by Crippen LogP contribution is -2.08. The van der Waals surface area contributed by atoms with Crippen molar-refractivity contribution in [3.8, 4) is 11.5 Å². The Kier molecular flexibility index (Phi) is 5.12. The molecule has 0 fully saturated rings. The largest absolute Gasteiger partial charge is 0.504 e. The second-order valence-corrected chi connectivity index (χ2v) is 5.87. The summed E-state index contributed by atoms with van der Waals surface area (Å²) in [6.45, 7) is 4.23. The first kappa shape index (κ1) is 15.7. The molecule has 3 nitrogen and oxygen atoms in total. The van der Waals surface area contributed by atoms with E-state index < -0.39 is 0 Å². The average Bonchev–Trinajstić information content (AvgIpc) is 2.49. The summed E-state index contributed by atoms with van der Waals surface area (Å²) in [6.07, 6.45) is 0.966. The third-order valence-corrected chi connectivity index (χ3v) is 4.02. The van der Waals surface area contributed by atoms with Crippen LogP contribution in [0.1, 0.15) is 31.0 Å². The van der Waals surface area contributed by atoms with Gasteiger partial charge in [-0.1, -0.05) is 28.9 Å². The Labute approximate surface area is 134 Å². The Balaban J connectivity index is 2.23.